The highest BCUT2D eigenvalue weighted by Crippen LogP contribution is 2.33. The molecular weight excluding hydrogens is 256 g/mol. The SMILES string of the molecule is CC(c1ccccc1Cl)N(C)CC1(C)CCNCC1. The minimum absolute atomic E-state index is 0.361. The molecule has 0 radical (unpaired) electrons. The number of hydrogen-bond acceptors (Lipinski definition) is 2. The molecule has 106 valence electrons. The van der Waals surface area contributed by atoms with Crippen LogP contribution in [0.2, 0.25) is 5.02 Å². The second-order valence-electron chi connectivity index (χ2n) is 6.17. The molecule has 1 atom stereocenters. The largest absolute Gasteiger partial charge is 0.317 e. The first kappa shape index (κ1) is 14.8. The maximum absolute atomic E-state index is 6.30. The lowest BCUT2D eigenvalue weighted by Gasteiger charge is -2.39. The molecule has 0 aromatic heterocycles. The highest BCUT2D eigenvalue weighted by molar-refractivity contribution is 6.31. The molecule has 2 nitrogen and oxygen atoms in total. The van der Waals surface area contributed by atoms with Gasteiger partial charge in [0, 0.05) is 17.6 Å². The number of rotatable bonds is 4. The Morgan fingerprint density at radius 1 is 1.32 bits per heavy atom. The number of nitrogens with one attached hydrogen (secondary N) is 1. The lowest BCUT2D eigenvalue weighted by atomic mass is 9.80. The molecule has 0 bridgehead atoms. The summed E-state index contributed by atoms with van der Waals surface area (Å²) in [5, 5.41) is 4.32. The van der Waals surface area contributed by atoms with Gasteiger partial charge in [-0.3, -0.25) is 4.90 Å². The molecule has 1 aliphatic heterocycles. The van der Waals surface area contributed by atoms with Gasteiger partial charge in [-0.05, 0) is 56.9 Å². The number of nitrogens with zero attached hydrogens (tertiary/aromatic N) is 1. The molecule has 1 N–H and O–H groups in total. The van der Waals surface area contributed by atoms with Gasteiger partial charge in [0.05, 0.1) is 0 Å². The van der Waals surface area contributed by atoms with Crippen molar-refractivity contribution in [2.75, 3.05) is 26.7 Å². The summed E-state index contributed by atoms with van der Waals surface area (Å²) in [6.45, 7) is 8.06. The predicted octanol–water partition coefficient (Wildman–Crippen LogP) is 3.72. The van der Waals surface area contributed by atoms with Gasteiger partial charge in [0.1, 0.15) is 0 Å². The molecule has 2 rings (SSSR count). The number of hydrogen-bond donors (Lipinski definition) is 1. The van der Waals surface area contributed by atoms with Crippen molar-refractivity contribution < 1.29 is 0 Å². The lowest BCUT2D eigenvalue weighted by Crippen LogP contribution is -2.42. The highest BCUT2D eigenvalue weighted by atomic mass is 35.5. The Balaban J connectivity index is 2.03. The molecule has 1 aromatic rings. The van der Waals surface area contributed by atoms with Crippen molar-refractivity contribution in [2.45, 2.75) is 32.7 Å². The van der Waals surface area contributed by atoms with E-state index >= 15 is 0 Å². The predicted molar refractivity (Wildman–Crippen MR) is 82.7 cm³/mol. The summed E-state index contributed by atoms with van der Waals surface area (Å²) in [4.78, 5) is 2.44. The van der Waals surface area contributed by atoms with Gasteiger partial charge in [0.25, 0.3) is 0 Å². The second-order valence-corrected chi connectivity index (χ2v) is 6.58. The maximum Gasteiger partial charge on any atom is 0.0453 e. The normalized spacial score (nSPS) is 20.5. The minimum Gasteiger partial charge on any atom is -0.317 e. The summed E-state index contributed by atoms with van der Waals surface area (Å²) in [5.74, 6) is 0. The zero-order valence-electron chi connectivity index (χ0n) is 12.2. The lowest BCUT2D eigenvalue weighted by molar-refractivity contribution is 0.122. The molecule has 3 heteroatoms. The molecule has 1 aliphatic rings. The van der Waals surface area contributed by atoms with E-state index in [0.717, 1.165) is 24.7 Å². The summed E-state index contributed by atoms with van der Waals surface area (Å²) < 4.78 is 0. The van der Waals surface area contributed by atoms with Gasteiger partial charge in [0.2, 0.25) is 0 Å². The average Bonchev–Trinajstić information content (AvgIpc) is 2.39. The zero-order chi connectivity index (χ0) is 13.9. The third-order valence-corrected chi connectivity index (χ3v) is 4.80. The van der Waals surface area contributed by atoms with Crippen LogP contribution in [-0.4, -0.2) is 31.6 Å². The Labute approximate surface area is 122 Å². The summed E-state index contributed by atoms with van der Waals surface area (Å²) in [6.07, 6.45) is 2.51. The van der Waals surface area contributed by atoms with Crippen LogP contribution in [0.15, 0.2) is 24.3 Å². The first-order valence-electron chi connectivity index (χ1n) is 7.17. The number of piperidine rings is 1. The molecule has 1 fully saturated rings. The van der Waals surface area contributed by atoms with Crippen molar-refractivity contribution >= 4 is 11.6 Å². The Kier molecular flexibility index (Phi) is 4.88. The summed E-state index contributed by atoms with van der Waals surface area (Å²) in [7, 11) is 2.21. The van der Waals surface area contributed by atoms with E-state index in [-0.39, 0.29) is 0 Å². The second kappa shape index (κ2) is 6.25. The Bertz CT molecular complexity index is 413. The van der Waals surface area contributed by atoms with Crippen molar-refractivity contribution in [3.8, 4) is 0 Å². The van der Waals surface area contributed by atoms with Gasteiger partial charge in [-0.2, -0.15) is 0 Å². The molecule has 19 heavy (non-hydrogen) atoms. The first-order chi connectivity index (χ1) is 9.02. The van der Waals surface area contributed by atoms with E-state index in [0.29, 0.717) is 11.5 Å². The fourth-order valence-electron chi connectivity index (χ4n) is 2.98. The van der Waals surface area contributed by atoms with E-state index in [1.165, 1.54) is 18.4 Å². The highest BCUT2D eigenvalue weighted by Gasteiger charge is 2.29. The Hall–Kier alpha value is -0.570. The van der Waals surface area contributed by atoms with Gasteiger partial charge in [-0.1, -0.05) is 36.7 Å². The van der Waals surface area contributed by atoms with Crippen molar-refractivity contribution in [2.24, 2.45) is 5.41 Å². The molecule has 1 unspecified atom stereocenters. The Morgan fingerprint density at radius 2 is 1.95 bits per heavy atom. The minimum atomic E-state index is 0.361. The standard InChI is InChI=1S/C16H25ClN2/c1-13(14-6-4-5-7-15(14)17)19(3)12-16(2)8-10-18-11-9-16/h4-7,13,18H,8-12H2,1-3H3. The third kappa shape index (κ3) is 3.71. The molecule has 1 heterocycles. The summed E-state index contributed by atoms with van der Waals surface area (Å²) >= 11 is 6.30. The van der Waals surface area contributed by atoms with Gasteiger partial charge >= 0.3 is 0 Å². The number of benzene rings is 1. The van der Waals surface area contributed by atoms with Crippen LogP contribution in [0.25, 0.3) is 0 Å². The average molecular weight is 281 g/mol. The fourth-order valence-corrected chi connectivity index (χ4v) is 3.27. The van der Waals surface area contributed by atoms with Crippen molar-refractivity contribution in [3.05, 3.63) is 34.9 Å². The van der Waals surface area contributed by atoms with Crippen LogP contribution in [0.1, 0.15) is 38.3 Å². The van der Waals surface area contributed by atoms with Crippen LogP contribution in [0.5, 0.6) is 0 Å². The van der Waals surface area contributed by atoms with Crippen LogP contribution < -0.4 is 5.32 Å². The van der Waals surface area contributed by atoms with Gasteiger partial charge in [-0.25, -0.2) is 0 Å². The zero-order valence-corrected chi connectivity index (χ0v) is 13.0. The van der Waals surface area contributed by atoms with E-state index in [4.69, 9.17) is 11.6 Å². The fraction of sp³-hybridized carbons (Fsp3) is 0.625. The van der Waals surface area contributed by atoms with Crippen molar-refractivity contribution in [1.82, 2.24) is 10.2 Å². The van der Waals surface area contributed by atoms with E-state index in [1.807, 2.05) is 12.1 Å². The molecular formula is C16H25ClN2. The van der Waals surface area contributed by atoms with E-state index in [9.17, 15) is 0 Å². The molecule has 1 aromatic carbocycles. The van der Waals surface area contributed by atoms with Crippen molar-refractivity contribution in [1.29, 1.82) is 0 Å². The first-order valence-corrected chi connectivity index (χ1v) is 7.55. The van der Waals surface area contributed by atoms with Gasteiger partial charge in [-0.15, -0.1) is 0 Å². The van der Waals surface area contributed by atoms with E-state index in [2.05, 4.69) is 43.2 Å². The van der Waals surface area contributed by atoms with Crippen LogP contribution in [0.4, 0.5) is 0 Å². The maximum atomic E-state index is 6.30. The van der Waals surface area contributed by atoms with Gasteiger partial charge in [0.15, 0.2) is 0 Å². The quantitative estimate of drug-likeness (QED) is 0.904. The molecule has 0 aliphatic carbocycles. The third-order valence-electron chi connectivity index (χ3n) is 4.46. The van der Waals surface area contributed by atoms with E-state index < -0.39 is 0 Å². The van der Waals surface area contributed by atoms with Gasteiger partial charge < -0.3 is 5.32 Å². The van der Waals surface area contributed by atoms with Crippen LogP contribution in [0, 0.1) is 5.41 Å². The summed E-state index contributed by atoms with van der Waals surface area (Å²) in [6, 6.07) is 8.53. The molecule has 0 saturated carbocycles. The van der Waals surface area contributed by atoms with E-state index in [1.54, 1.807) is 0 Å². The molecule has 0 amide bonds. The van der Waals surface area contributed by atoms with Crippen LogP contribution in [-0.2, 0) is 0 Å². The Morgan fingerprint density at radius 3 is 2.58 bits per heavy atom. The van der Waals surface area contributed by atoms with Crippen LogP contribution in [0.3, 0.4) is 0 Å². The molecule has 0 spiro atoms. The number of halogens is 1. The monoisotopic (exact) mass is 280 g/mol. The van der Waals surface area contributed by atoms with Crippen molar-refractivity contribution in [3.63, 3.8) is 0 Å². The topological polar surface area (TPSA) is 15.3 Å². The summed E-state index contributed by atoms with van der Waals surface area (Å²) in [5.41, 5.74) is 1.65. The van der Waals surface area contributed by atoms with Crippen LogP contribution >= 0.6 is 11.6 Å². The smallest absolute Gasteiger partial charge is 0.0453 e. The molecule has 1 saturated heterocycles.